The summed E-state index contributed by atoms with van der Waals surface area (Å²) in [5, 5.41) is 13.9. The second kappa shape index (κ2) is 10.4. The van der Waals surface area contributed by atoms with Crippen LogP contribution in [0.4, 0.5) is 5.69 Å². The number of hydrogen-bond donors (Lipinski definition) is 2. The highest BCUT2D eigenvalue weighted by Gasteiger charge is 2.27. The minimum atomic E-state index is -3.73. The highest BCUT2D eigenvalue weighted by atomic mass is 32.2. The van der Waals surface area contributed by atoms with Gasteiger partial charge in [0.25, 0.3) is 5.91 Å². The molecule has 3 heterocycles. The van der Waals surface area contributed by atoms with Gasteiger partial charge in [-0.1, -0.05) is 48.0 Å². The molecule has 0 unspecified atom stereocenters. The molecule has 11 heteroatoms. The molecule has 3 aromatic heterocycles. The largest absolute Gasteiger partial charge is 0.455 e. The number of aromatic amines is 1. The van der Waals surface area contributed by atoms with Crippen LogP contribution in [0.5, 0.6) is 0 Å². The highest BCUT2D eigenvalue weighted by molar-refractivity contribution is 7.92. The number of nitrogens with zero attached hydrogens (tertiary/aromatic N) is 4. The first-order valence-corrected chi connectivity index (χ1v) is 15.1. The van der Waals surface area contributed by atoms with Gasteiger partial charge in [0.1, 0.15) is 17.4 Å². The number of fused-ring (bicyclic) bond motifs is 2. The lowest BCUT2D eigenvalue weighted by molar-refractivity contribution is 0.0964. The van der Waals surface area contributed by atoms with Gasteiger partial charge in [0.05, 0.1) is 34.6 Å². The fourth-order valence-electron chi connectivity index (χ4n) is 5.02. The van der Waals surface area contributed by atoms with Crippen molar-refractivity contribution in [1.82, 2.24) is 20.3 Å². The summed E-state index contributed by atoms with van der Waals surface area (Å²) in [6.07, 6.45) is 1.09. The SMILES string of the molecule is CNC(=O)c1c(-c2ccc(C)cc2)oc2cc(N(C)S(C)(=O)=O)c(-c3cc(-c4cc5ccccc5[nH]4)nc(C#N)n3)cc12. The van der Waals surface area contributed by atoms with Gasteiger partial charge in [-0.3, -0.25) is 9.10 Å². The predicted molar refractivity (Wildman–Crippen MR) is 166 cm³/mol. The summed E-state index contributed by atoms with van der Waals surface area (Å²) in [6.45, 7) is 1.96. The number of amides is 1. The summed E-state index contributed by atoms with van der Waals surface area (Å²) >= 11 is 0. The molecule has 43 heavy (non-hydrogen) atoms. The number of rotatable bonds is 6. The summed E-state index contributed by atoms with van der Waals surface area (Å²) in [4.78, 5) is 25.5. The van der Waals surface area contributed by atoms with Crippen LogP contribution in [0.2, 0.25) is 0 Å². The van der Waals surface area contributed by atoms with Crippen LogP contribution in [0.25, 0.3) is 55.8 Å². The Balaban J connectivity index is 1.65. The van der Waals surface area contributed by atoms with E-state index < -0.39 is 10.0 Å². The number of sulfonamides is 1. The third kappa shape index (κ3) is 4.98. The first-order chi connectivity index (χ1) is 20.6. The van der Waals surface area contributed by atoms with E-state index in [9.17, 15) is 18.5 Å². The number of H-pyrrole nitrogens is 1. The standard InChI is InChI=1S/C32H26N6O4S/c1-18-9-11-19(12-10-18)31-30(32(39)34-2)22-14-21(27(16-28(22)42-31)38(3)43(4,40)41)24-15-26(37-29(17-33)36-24)25-13-20-7-5-6-8-23(20)35-25/h5-16,35H,1-4H3,(H,34,39). The second-order valence-corrected chi connectivity index (χ2v) is 12.2. The summed E-state index contributed by atoms with van der Waals surface area (Å²) in [5.41, 5.74) is 5.28. The van der Waals surface area contributed by atoms with E-state index in [1.807, 2.05) is 67.6 Å². The first-order valence-electron chi connectivity index (χ1n) is 13.3. The lowest BCUT2D eigenvalue weighted by Crippen LogP contribution is -2.25. The Labute approximate surface area is 247 Å². The Hall–Kier alpha value is -5.47. The Morgan fingerprint density at radius 3 is 2.42 bits per heavy atom. The average Bonchev–Trinajstić information content (AvgIpc) is 3.61. The fraction of sp³-hybridized carbons (Fsp3) is 0.125. The second-order valence-electron chi connectivity index (χ2n) is 10.2. The molecule has 6 aromatic rings. The molecule has 6 rings (SSSR count). The van der Waals surface area contributed by atoms with Crippen LogP contribution in [0, 0.1) is 18.3 Å². The van der Waals surface area contributed by atoms with Crippen LogP contribution in [-0.2, 0) is 10.0 Å². The van der Waals surface area contributed by atoms with Crippen molar-refractivity contribution in [3.05, 3.63) is 89.7 Å². The van der Waals surface area contributed by atoms with E-state index >= 15 is 0 Å². The van der Waals surface area contributed by atoms with Crippen LogP contribution in [0.1, 0.15) is 21.7 Å². The minimum Gasteiger partial charge on any atom is -0.455 e. The van der Waals surface area contributed by atoms with Gasteiger partial charge in [-0.25, -0.2) is 18.4 Å². The first kappa shape index (κ1) is 27.7. The normalized spacial score (nSPS) is 11.5. The van der Waals surface area contributed by atoms with E-state index in [4.69, 9.17) is 4.42 Å². The molecule has 2 N–H and O–H groups in total. The van der Waals surface area contributed by atoms with E-state index in [0.29, 0.717) is 50.5 Å². The van der Waals surface area contributed by atoms with Crippen LogP contribution in [0.15, 0.2) is 77.2 Å². The number of aromatic nitrogens is 3. The molecule has 0 bridgehead atoms. The van der Waals surface area contributed by atoms with E-state index in [0.717, 1.165) is 27.0 Å². The molecular formula is C32H26N6O4S. The maximum Gasteiger partial charge on any atom is 0.255 e. The molecule has 0 aliphatic heterocycles. The highest BCUT2D eigenvalue weighted by Crippen LogP contribution is 2.41. The van der Waals surface area contributed by atoms with Crippen LogP contribution in [-0.4, -0.2) is 49.6 Å². The molecular weight excluding hydrogens is 564 g/mol. The van der Waals surface area contributed by atoms with Crippen molar-refractivity contribution in [3.8, 4) is 40.0 Å². The van der Waals surface area contributed by atoms with Gasteiger partial charge in [0.2, 0.25) is 15.8 Å². The molecule has 0 saturated heterocycles. The Morgan fingerprint density at radius 2 is 1.74 bits per heavy atom. The van der Waals surface area contributed by atoms with Gasteiger partial charge in [-0.2, -0.15) is 5.26 Å². The van der Waals surface area contributed by atoms with Crippen LogP contribution >= 0.6 is 0 Å². The van der Waals surface area contributed by atoms with E-state index in [-0.39, 0.29) is 17.4 Å². The van der Waals surface area contributed by atoms with Crippen LogP contribution < -0.4 is 9.62 Å². The molecule has 3 aromatic carbocycles. The Bertz CT molecular complexity index is 2180. The lowest BCUT2D eigenvalue weighted by atomic mass is 10.00. The Morgan fingerprint density at radius 1 is 1.02 bits per heavy atom. The quantitative estimate of drug-likeness (QED) is 0.255. The van der Waals surface area contributed by atoms with Crippen molar-refractivity contribution in [2.75, 3.05) is 24.7 Å². The fourth-order valence-corrected chi connectivity index (χ4v) is 5.53. The minimum absolute atomic E-state index is 0.0988. The molecule has 0 aliphatic carbocycles. The summed E-state index contributed by atoms with van der Waals surface area (Å²) in [6, 6.07) is 24.2. The number of carbonyl (C=O) groups excluding carboxylic acids is 1. The molecule has 214 valence electrons. The average molecular weight is 591 g/mol. The van der Waals surface area contributed by atoms with E-state index in [2.05, 4.69) is 20.3 Å². The zero-order valence-electron chi connectivity index (χ0n) is 23.8. The van der Waals surface area contributed by atoms with Crippen molar-refractivity contribution in [1.29, 1.82) is 5.26 Å². The van der Waals surface area contributed by atoms with Crippen LogP contribution in [0.3, 0.4) is 0 Å². The van der Waals surface area contributed by atoms with Crippen molar-refractivity contribution in [2.45, 2.75) is 6.92 Å². The predicted octanol–water partition coefficient (Wildman–Crippen LogP) is 5.64. The molecule has 0 spiro atoms. The zero-order valence-corrected chi connectivity index (χ0v) is 24.6. The molecule has 0 radical (unpaired) electrons. The third-order valence-electron chi connectivity index (χ3n) is 7.32. The van der Waals surface area contributed by atoms with Crippen molar-refractivity contribution in [2.24, 2.45) is 0 Å². The topological polar surface area (TPSA) is 145 Å². The Kier molecular flexibility index (Phi) is 6.71. The number of para-hydroxylation sites is 1. The summed E-state index contributed by atoms with van der Waals surface area (Å²) < 4.78 is 32.9. The monoisotopic (exact) mass is 590 g/mol. The van der Waals surface area contributed by atoms with Crippen molar-refractivity contribution >= 4 is 43.5 Å². The number of nitriles is 1. The number of hydrogen-bond acceptors (Lipinski definition) is 7. The summed E-state index contributed by atoms with van der Waals surface area (Å²) in [7, 11) is -0.778. The molecule has 1 amide bonds. The molecule has 0 aliphatic rings. The maximum absolute atomic E-state index is 13.3. The molecule has 0 saturated carbocycles. The number of benzene rings is 3. The zero-order chi connectivity index (χ0) is 30.5. The number of nitrogens with one attached hydrogen (secondary N) is 2. The molecule has 0 fully saturated rings. The van der Waals surface area contributed by atoms with Gasteiger partial charge in [-0.05, 0) is 31.2 Å². The van der Waals surface area contributed by atoms with Crippen molar-refractivity contribution in [3.63, 3.8) is 0 Å². The van der Waals surface area contributed by atoms with Gasteiger partial charge < -0.3 is 14.7 Å². The number of carbonyl (C=O) groups is 1. The summed E-state index contributed by atoms with van der Waals surface area (Å²) in [5.74, 6) is -0.124. The number of aryl methyl sites for hydroxylation is 1. The van der Waals surface area contributed by atoms with E-state index in [1.165, 1.54) is 14.1 Å². The van der Waals surface area contributed by atoms with Gasteiger partial charge in [0.15, 0.2) is 0 Å². The smallest absolute Gasteiger partial charge is 0.255 e. The van der Waals surface area contributed by atoms with E-state index in [1.54, 1.807) is 18.2 Å². The third-order valence-corrected chi connectivity index (χ3v) is 8.51. The van der Waals surface area contributed by atoms with Crippen molar-refractivity contribution < 1.29 is 17.6 Å². The molecule has 0 atom stereocenters. The number of furan rings is 1. The van der Waals surface area contributed by atoms with Gasteiger partial charge >= 0.3 is 0 Å². The maximum atomic E-state index is 13.3. The van der Waals surface area contributed by atoms with Gasteiger partial charge in [-0.15, -0.1) is 0 Å². The van der Waals surface area contributed by atoms with Gasteiger partial charge in [0, 0.05) is 47.6 Å². The molecule has 10 nitrogen and oxygen atoms in total. The number of anilines is 1. The lowest BCUT2D eigenvalue weighted by Gasteiger charge is -2.20.